The molecule has 0 amide bonds. The van der Waals surface area contributed by atoms with E-state index in [1.54, 1.807) is 0 Å². The fraction of sp³-hybridized carbons (Fsp3) is 0.556. The lowest BCUT2D eigenvalue weighted by molar-refractivity contribution is -0.142. The molecule has 1 aliphatic heterocycles. The second-order valence-corrected chi connectivity index (χ2v) is 7.02. The number of rotatable bonds is 6. The molecule has 1 aliphatic rings. The second kappa shape index (κ2) is 6.91. The summed E-state index contributed by atoms with van der Waals surface area (Å²) in [7, 11) is 0. The molecule has 1 aromatic heterocycles. The molecule has 2 N–H and O–H groups in total. The lowest BCUT2D eigenvalue weighted by Crippen LogP contribution is -2.36. The Hall–Kier alpha value is -1.92. The summed E-state index contributed by atoms with van der Waals surface area (Å²) in [5, 5.41) is 19.2. The number of carboxylic acid groups (broad SMARTS) is 1. The van der Waals surface area contributed by atoms with E-state index in [9.17, 15) is 15.0 Å². The molecular weight excluding hydrogens is 306 g/mol. The SMILES string of the molecule is CC(C)CCn1c(CN2C[C@H](O)C[C@H]2C(=O)O)nc2ccccc21. The summed E-state index contributed by atoms with van der Waals surface area (Å²) < 4.78 is 2.19. The van der Waals surface area contributed by atoms with Gasteiger partial charge in [-0.05, 0) is 24.5 Å². The highest BCUT2D eigenvalue weighted by Gasteiger charge is 2.36. The van der Waals surface area contributed by atoms with Crippen molar-refractivity contribution < 1.29 is 15.0 Å². The maximum Gasteiger partial charge on any atom is 0.321 e. The number of nitrogens with zero attached hydrogens (tertiary/aromatic N) is 3. The largest absolute Gasteiger partial charge is 0.480 e. The van der Waals surface area contributed by atoms with Crippen LogP contribution in [0, 0.1) is 5.92 Å². The van der Waals surface area contributed by atoms with Gasteiger partial charge in [0.1, 0.15) is 11.9 Å². The highest BCUT2D eigenvalue weighted by Crippen LogP contribution is 2.24. The third-order valence-corrected chi connectivity index (χ3v) is 4.67. The Morgan fingerprint density at radius 3 is 2.83 bits per heavy atom. The van der Waals surface area contributed by atoms with Crippen molar-refractivity contribution in [3.63, 3.8) is 0 Å². The molecule has 6 nitrogen and oxygen atoms in total. The van der Waals surface area contributed by atoms with Crippen LogP contribution in [0.2, 0.25) is 0 Å². The maximum absolute atomic E-state index is 11.4. The molecule has 1 fully saturated rings. The quantitative estimate of drug-likeness (QED) is 0.847. The van der Waals surface area contributed by atoms with Gasteiger partial charge in [-0.1, -0.05) is 26.0 Å². The molecule has 0 bridgehead atoms. The van der Waals surface area contributed by atoms with Gasteiger partial charge in [-0.3, -0.25) is 9.69 Å². The molecule has 3 rings (SSSR count). The van der Waals surface area contributed by atoms with Crippen LogP contribution < -0.4 is 0 Å². The van der Waals surface area contributed by atoms with E-state index in [-0.39, 0.29) is 6.42 Å². The van der Waals surface area contributed by atoms with Gasteiger partial charge < -0.3 is 14.8 Å². The number of hydrogen-bond acceptors (Lipinski definition) is 4. The Labute approximate surface area is 141 Å². The molecule has 2 heterocycles. The van der Waals surface area contributed by atoms with E-state index in [1.165, 1.54) is 0 Å². The van der Waals surface area contributed by atoms with Gasteiger partial charge in [0.25, 0.3) is 0 Å². The first-order valence-corrected chi connectivity index (χ1v) is 8.54. The summed E-state index contributed by atoms with van der Waals surface area (Å²) in [6, 6.07) is 7.36. The molecule has 0 aliphatic carbocycles. The summed E-state index contributed by atoms with van der Waals surface area (Å²) in [5.41, 5.74) is 2.02. The summed E-state index contributed by atoms with van der Waals surface area (Å²) in [6.07, 6.45) is 0.736. The number of hydrogen-bond donors (Lipinski definition) is 2. The fourth-order valence-electron chi connectivity index (χ4n) is 3.38. The zero-order valence-corrected chi connectivity index (χ0v) is 14.2. The Morgan fingerprint density at radius 2 is 2.12 bits per heavy atom. The van der Waals surface area contributed by atoms with E-state index in [0.29, 0.717) is 19.0 Å². The van der Waals surface area contributed by atoms with Crippen LogP contribution in [0.25, 0.3) is 11.0 Å². The van der Waals surface area contributed by atoms with Crippen LogP contribution in [0.3, 0.4) is 0 Å². The Balaban J connectivity index is 1.90. The molecule has 6 heteroatoms. The van der Waals surface area contributed by atoms with Crippen molar-refractivity contribution in [3.05, 3.63) is 30.1 Å². The predicted octanol–water partition coefficient (Wildman–Crippen LogP) is 2.10. The van der Waals surface area contributed by atoms with Crippen LogP contribution >= 0.6 is 0 Å². The van der Waals surface area contributed by atoms with E-state index in [1.807, 2.05) is 23.1 Å². The second-order valence-electron chi connectivity index (χ2n) is 7.02. The normalized spacial score (nSPS) is 21.8. The van der Waals surface area contributed by atoms with E-state index in [2.05, 4.69) is 24.5 Å². The molecule has 0 unspecified atom stereocenters. The molecule has 130 valence electrons. The molecule has 1 saturated heterocycles. The number of benzene rings is 1. The molecule has 2 atom stereocenters. The van der Waals surface area contributed by atoms with Crippen molar-refractivity contribution in [3.8, 4) is 0 Å². The Kier molecular flexibility index (Phi) is 4.87. The Morgan fingerprint density at radius 1 is 1.38 bits per heavy atom. The number of aryl methyl sites for hydroxylation is 1. The number of imidazole rings is 1. The van der Waals surface area contributed by atoms with Crippen LogP contribution in [-0.4, -0.2) is 49.3 Å². The Bertz CT molecular complexity index is 725. The minimum atomic E-state index is -0.878. The maximum atomic E-state index is 11.4. The molecule has 24 heavy (non-hydrogen) atoms. The lowest BCUT2D eigenvalue weighted by Gasteiger charge is -2.21. The van der Waals surface area contributed by atoms with Gasteiger partial charge in [0.05, 0.1) is 23.7 Å². The average Bonchev–Trinajstić information content (AvgIpc) is 3.05. The number of fused-ring (bicyclic) bond motifs is 1. The predicted molar refractivity (Wildman–Crippen MR) is 91.6 cm³/mol. The summed E-state index contributed by atoms with van der Waals surface area (Å²) in [5.74, 6) is 0.577. The molecule has 1 aromatic carbocycles. The number of para-hydroxylation sites is 2. The highest BCUT2D eigenvalue weighted by molar-refractivity contribution is 5.76. The van der Waals surface area contributed by atoms with E-state index >= 15 is 0 Å². The van der Waals surface area contributed by atoms with Crippen LogP contribution in [-0.2, 0) is 17.9 Å². The first-order valence-electron chi connectivity index (χ1n) is 8.54. The van der Waals surface area contributed by atoms with Gasteiger partial charge in [-0.25, -0.2) is 4.98 Å². The van der Waals surface area contributed by atoms with Crippen molar-refractivity contribution >= 4 is 17.0 Å². The molecule has 0 radical (unpaired) electrons. The fourth-order valence-corrected chi connectivity index (χ4v) is 3.38. The third kappa shape index (κ3) is 3.44. The molecule has 0 spiro atoms. The average molecular weight is 331 g/mol. The first kappa shape index (κ1) is 16.9. The van der Waals surface area contributed by atoms with Crippen LogP contribution in [0.1, 0.15) is 32.5 Å². The minimum absolute atomic E-state index is 0.279. The molecular formula is C18H25N3O3. The van der Waals surface area contributed by atoms with Crippen LogP contribution in [0.15, 0.2) is 24.3 Å². The van der Waals surface area contributed by atoms with Gasteiger partial charge in [-0.2, -0.15) is 0 Å². The number of aliphatic hydroxyl groups excluding tert-OH is 1. The molecule has 2 aromatic rings. The number of aliphatic carboxylic acids is 1. The van der Waals surface area contributed by atoms with E-state index in [4.69, 9.17) is 4.98 Å². The minimum Gasteiger partial charge on any atom is -0.480 e. The number of aliphatic hydroxyl groups is 1. The van der Waals surface area contributed by atoms with Crippen LogP contribution in [0.5, 0.6) is 0 Å². The number of aromatic nitrogens is 2. The standard InChI is InChI=1S/C18H25N3O3/c1-12(2)7-8-21-15-6-4-3-5-14(15)19-17(21)11-20-10-13(22)9-16(20)18(23)24/h3-6,12-13,16,22H,7-11H2,1-2H3,(H,23,24)/t13-,16+/m1/s1. The first-order chi connectivity index (χ1) is 11.5. The van der Waals surface area contributed by atoms with Gasteiger partial charge >= 0.3 is 5.97 Å². The van der Waals surface area contributed by atoms with Crippen LogP contribution in [0.4, 0.5) is 0 Å². The lowest BCUT2D eigenvalue weighted by atomic mass is 10.1. The monoisotopic (exact) mass is 331 g/mol. The summed E-state index contributed by atoms with van der Waals surface area (Å²) in [4.78, 5) is 18.0. The van der Waals surface area contributed by atoms with Gasteiger partial charge in [0.15, 0.2) is 0 Å². The smallest absolute Gasteiger partial charge is 0.321 e. The van der Waals surface area contributed by atoms with E-state index in [0.717, 1.165) is 29.8 Å². The topological polar surface area (TPSA) is 78.6 Å². The number of carbonyl (C=O) groups is 1. The zero-order valence-electron chi connectivity index (χ0n) is 14.2. The van der Waals surface area contributed by atoms with Crippen molar-refractivity contribution in [1.29, 1.82) is 0 Å². The number of carboxylic acids is 1. The summed E-state index contributed by atoms with van der Waals surface area (Å²) >= 11 is 0. The van der Waals surface area contributed by atoms with Crippen molar-refractivity contribution in [2.45, 2.75) is 51.9 Å². The van der Waals surface area contributed by atoms with Crippen molar-refractivity contribution in [2.75, 3.05) is 6.54 Å². The van der Waals surface area contributed by atoms with Crippen molar-refractivity contribution in [2.24, 2.45) is 5.92 Å². The van der Waals surface area contributed by atoms with Gasteiger partial charge in [0.2, 0.25) is 0 Å². The van der Waals surface area contributed by atoms with Gasteiger partial charge in [-0.15, -0.1) is 0 Å². The third-order valence-electron chi connectivity index (χ3n) is 4.67. The zero-order chi connectivity index (χ0) is 17.3. The molecule has 0 saturated carbocycles. The number of likely N-dealkylation sites (tertiary alicyclic amines) is 1. The van der Waals surface area contributed by atoms with Crippen molar-refractivity contribution in [1.82, 2.24) is 14.5 Å². The highest BCUT2D eigenvalue weighted by atomic mass is 16.4. The number of β-amino-alcohol motifs (C(OH)–C–C–N with tert-alkyl or cyclic N) is 1. The summed E-state index contributed by atoms with van der Waals surface area (Å²) in [6.45, 7) is 6.07. The van der Waals surface area contributed by atoms with E-state index < -0.39 is 18.1 Å². The van der Waals surface area contributed by atoms with Gasteiger partial charge in [0, 0.05) is 19.5 Å².